The second-order valence-corrected chi connectivity index (χ2v) is 8.21. The van der Waals surface area contributed by atoms with E-state index in [9.17, 15) is 9.59 Å². The fourth-order valence-corrected chi connectivity index (χ4v) is 4.18. The number of aromatic amines is 1. The number of H-pyrrole nitrogens is 1. The Balaban J connectivity index is 1.44. The van der Waals surface area contributed by atoms with Crippen LogP contribution in [0.4, 0.5) is 0 Å². The van der Waals surface area contributed by atoms with Crippen LogP contribution in [0.1, 0.15) is 11.1 Å². The molecule has 0 saturated heterocycles. The smallest absolute Gasteiger partial charge is 0.349 e. The van der Waals surface area contributed by atoms with Gasteiger partial charge in [-0.25, -0.2) is 4.79 Å². The number of para-hydroxylation sites is 1. The number of nitrogens with zero attached hydrogens (tertiary/aromatic N) is 2. The van der Waals surface area contributed by atoms with E-state index in [0.29, 0.717) is 39.6 Å². The quantitative estimate of drug-likeness (QED) is 0.344. The van der Waals surface area contributed by atoms with Crippen molar-refractivity contribution in [1.29, 1.82) is 0 Å². The van der Waals surface area contributed by atoms with Crippen molar-refractivity contribution in [3.63, 3.8) is 0 Å². The average molecular weight is 486 g/mol. The van der Waals surface area contributed by atoms with Crippen LogP contribution < -0.4 is 20.7 Å². The van der Waals surface area contributed by atoms with E-state index >= 15 is 0 Å². The van der Waals surface area contributed by atoms with Crippen molar-refractivity contribution >= 4 is 39.5 Å². The number of benzene rings is 4. The van der Waals surface area contributed by atoms with Gasteiger partial charge in [-0.1, -0.05) is 66.2 Å². The first-order chi connectivity index (χ1) is 17.0. The summed E-state index contributed by atoms with van der Waals surface area (Å²) in [4.78, 5) is 27.7. The molecule has 1 aromatic heterocycles. The first-order valence-corrected chi connectivity index (χ1v) is 11.2. The maximum atomic E-state index is 12.7. The molecule has 8 heteroatoms. The average Bonchev–Trinajstić information content (AvgIpc) is 2.87. The van der Waals surface area contributed by atoms with Gasteiger partial charge in [-0.15, -0.1) is 4.68 Å². The maximum Gasteiger partial charge on any atom is 0.349 e. The molecule has 174 valence electrons. The third kappa shape index (κ3) is 4.41. The van der Waals surface area contributed by atoms with Gasteiger partial charge in [0, 0.05) is 0 Å². The van der Waals surface area contributed by atoms with Gasteiger partial charge < -0.3 is 14.5 Å². The molecule has 0 aliphatic heterocycles. The first-order valence-electron chi connectivity index (χ1n) is 10.8. The van der Waals surface area contributed by atoms with Crippen LogP contribution in [-0.4, -0.2) is 23.0 Å². The van der Waals surface area contributed by atoms with E-state index in [4.69, 9.17) is 21.1 Å². The third-order valence-corrected chi connectivity index (χ3v) is 5.89. The highest BCUT2D eigenvalue weighted by Gasteiger charge is 2.13. The van der Waals surface area contributed by atoms with Gasteiger partial charge in [0.2, 0.25) is 0 Å². The zero-order valence-corrected chi connectivity index (χ0v) is 19.5. The van der Waals surface area contributed by atoms with Crippen LogP contribution in [0.2, 0.25) is 5.02 Å². The molecule has 0 spiro atoms. The van der Waals surface area contributed by atoms with Crippen LogP contribution in [0.15, 0.2) is 93.6 Å². The summed E-state index contributed by atoms with van der Waals surface area (Å²) >= 11 is 6.52. The standard InChI is InChI=1S/C27H20ClN3O4/c1-34-24-14-17(15-29-31-26(32)21-11-4-5-12-23(21)30-27(31)33)13-22(28)25(24)35-16-19-9-6-8-18-7-2-3-10-20(18)19/h2-15H,16H2,1H3,(H,30,33). The number of hydrogen-bond acceptors (Lipinski definition) is 5. The minimum Gasteiger partial charge on any atom is -0.493 e. The number of fused-ring (bicyclic) bond motifs is 2. The molecule has 0 amide bonds. The summed E-state index contributed by atoms with van der Waals surface area (Å²) in [6, 6.07) is 24.2. The van der Waals surface area contributed by atoms with E-state index < -0.39 is 11.2 Å². The minimum atomic E-state index is -0.641. The molecule has 4 aromatic carbocycles. The lowest BCUT2D eigenvalue weighted by Gasteiger charge is -2.14. The SMILES string of the molecule is COc1cc(C=Nn2c(=O)[nH]c3ccccc3c2=O)cc(Cl)c1OCc1cccc2ccccc12. The molecule has 0 unspecified atom stereocenters. The van der Waals surface area contributed by atoms with Gasteiger partial charge in [0.05, 0.1) is 29.2 Å². The highest BCUT2D eigenvalue weighted by molar-refractivity contribution is 6.32. The molecule has 0 aliphatic carbocycles. The lowest BCUT2D eigenvalue weighted by atomic mass is 10.1. The second-order valence-electron chi connectivity index (χ2n) is 7.80. The van der Waals surface area contributed by atoms with Gasteiger partial charge in [-0.2, -0.15) is 5.10 Å². The van der Waals surface area contributed by atoms with Crippen molar-refractivity contribution in [2.75, 3.05) is 7.11 Å². The van der Waals surface area contributed by atoms with Crippen LogP contribution in [0.3, 0.4) is 0 Å². The number of ether oxygens (including phenoxy) is 2. The summed E-state index contributed by atoms with van der Waals surface area (Å²) < 4.78 is 12.3. The Bertz CT molecular complexity index is 1700. The zero-order chi connectivity index (χ0) is 24.4. The Labute approximate surface area is 204 Å². The van der Waals surface area contributed by atoms with E-state index in [1.54, 1.807) is 36.4 Å². The van der Waals surface area contributed by atoms with Crippen molar-refractivity contribution in [3.05, 3.63) is 116 Å². The molecule has 5 aromatic rings. The Morgan fingerprint density at radius 1 is 0.971 bits per heavy atom. The maximum absolute atomic E-state index is 12.7. The fourth-order valence-electron chi connectivity index (χ4n) is 3.91. The summed E-state index contributed by atoms with van der Waals surface area (Å²) in [6.45, 7) is 0.298. The summed E-state index contributed by atoms with van der Waals surface area (Å²) in [5.74, 6) is 0.791. The Morgan fingerprint density at radius 3 is 2.54 bits per heavy atom. The number of rotatable bonds is 6. The largest absolute Gasteiger partial charge is 0.493 e. The normalized spacial score (nSPS) is 11.4. The van der Waals surface area contributed by atoms with Crippen molar-refractivity contribution in [1.82, 2.24) is 9.66 Å². The molecule has 0 bridgehead atoms. The molecule has 1 N–H and O–H groups in total. The van der Waals surface area contributed by atoms with Gasteiger partial charge >= 0.3 is 5.69 Å². The van der Waals surface area contributed by atoms with E-state index in [-0.39, 0.29) is 0 Å². The zero-order valence-electron chi connectivity index (χ0n) is 18.7. The van der Waals surface area contributed by atoms with Gasteiger partial charge in [0.25, 0.3) is 5.56 Å². The van der Waals surface area contributed by atoms with E-state index in [1.807, 2.05) is 42.5 Å². The lowest BCUT2D eigenvalue weighted by molar-refractivity contribution is 0.286. The van der Waals surface area contributed by atoms with Gasteiger partial charge in [0.15, 0.2) is 11.5 Å². The molecule has 5 rings (SSSR count). The summed E-state index contributed by atoms with van der Waals surface area (Å²) in [6.07, 6.45) is 1.37. The van der Waals surface area contributed by atoms with Crippen LogP contribution in [0, 0.1) is 0 Å². The predicted molar refractivity (Wildman–Crippen MR) is 138 cm³/mol. The van der Waals surface area contributed by atoms with E-state index in [0.717, 1.165) is 21.0 Å². The minimum absolute atomic E-state index is 0.298. The molecular formula is C27H20ClN3O4. The van der Waals surface area contributed by atoms with Crippen molar-refractivity contribution < 1.29 is 9.47 Å². The van der Waals surface area contributed by atoms with E-state index in [1.165, 1.54) is 13.3 Å². The molecule has 35 heavy (non-hydrogen) atoms. The number of methoxy groups -OCH3 is 1. The first kappa shape index (κ1) is 22.4. The van der Waals surface area contributed by atoms with Crippen molar-refractivity contribution in [3.8, 4) is 11.5 Å². The molecule has 1 heterocycles. The molecular weight excluding hydrogens is 466 g/mol. The van der Waals surface area contributed by atoms with Crippen molar-refractivity contribution in [2.45, 2.75) is 6.61 Å². The molecule has 0 radical (unpaired) electrons. The van der Waals surface area contributed by atoms with Crippen LogP contribution >= 0.6 is 11.6 Å². The Kier molecular flexibility index (Phi) is 6.08. The van der Waals surface area contributed by atoms with E-state index in [2.05, 4.69) is 10.1 Å². The Morgan fingerprint density at radius 2 is 1.71 bits per heavy atom. The van der Waals surface area contributed by atoms with Gasteiger partial charge in [0.1, 0.15) is 6.61 Å². The number of nitrogens with one attached hydrogen (secondary N) is 1. The molecule has 7 nitrogen and oxygen atoms in total. The predicted octanol–water partition coefficient (Wildman–Crippen LogP) is 4.97. The van der Waals surface area contributed by atoms with Crippen molar-refractivity contribution in [2.24, 2.45) is 5.10 Å². The lowest BCUT2D eigenvalue weighted by Crippen LogP contribution is -2.32. The molecule has 0 aliphatic rings. The third-order valence-electron chi connectivity index (χ3n) is 5.61. The summed E-state index contributed by atoms with van der Waals surface area (Å²) in [5, 5.41) is 6.97. The van der Waals surface area contributed by atoms with Crippen LogP contribution in [0.25, 0.3) is 21.7 Å². The van der Waals surface area contributed by atoms with Crippen LogP contribution in [0.5, 0.6) is 11.5 Å². The number of aromatic nitrogens is 2. The Hall–Kier alpha value is -4.36. The van der Waals surface area contributed by atoms with Gasteiger partial charge in [-0.3, -0.25) is 4.79 Å². The molecule has 0 fully saturated rings. The highest BCUT2D eigenvalue weighted by Crippen LogP contribution is 2.37. The van der Waals surface area contributed by atoms with Gasteiger partial charge in [-0.05, 0) is 46.2 Å². The highest BCUT2D eigenvalue weighted by atomic mass is 35.5. The van der Waals surface area contributed by atoms with Crippen LogP contribution in [-0.2, 0) is 6.61 Å². The number of halogens is 1. The second kappa shape index (κ2) is 9.48. The molecule has 0 saturated carbocycles. The summed E-state index contributed by atoms with van der Waals surface area (Å²) in [5.41, 5.74) is 0.837. The monoisotopic (exact) mass is 485 g/mol. The summed E-state index contributed by atoms with van der Waals surface area (Å²) in [7, 11) is 1.51. The number of hydrogen-bond donors (Lipinski definition) is 1. The topological polar surface area (TPSA) is 85.7 Å². The molecule has 0 atom stereocenters. The fraction of sp³-hybridized carbons (Fsp3) is 0.0741.